The van der Waals surface area contributed by atoms with Crippen LogP contribution in [0, 0.1) is 0 Å². The molecular weight excluding hydrogens is 218 g/mol. The van der Waals surface area contributed by atoms with Crippen molar-refractivity contribution in [1.29, 1.82) is 0 Å². The van der Waals surface area contributed by atoms with Crippen LogP contribution in [0.15, 0.2) is 5.38 Å². The highest BCUT2D eigenvalue weighted by Crippen LogP contribution is 2.28. The van der Waals surface area contributed by atoms with Crippen LogP contribution >= 0.6 is 11.3 Å². The van der Waals surface area contributed by atoms with Crippen LogP contribution in [0.25, 0.3) is 0 Å². The zero-order valence-corrected chi connectivity index (χ0v) is 11.0. The number of aromatic nitrogens is 1. The maximum absolute atomic E-state index is 5.82. The van der Waals surface area contributed by atoms with E-state index in [1.165, 1.54) is 31.5 Å². The Hall–Kier alpha value is -0.450. The van der Waals surface area contributed by atoms with E-state index in [9.17, 15) is 0 Å². The fourth-order valence-corrected chi connectivity index (χ4v) is 2.70. The van der Waals surface area contributed by atoms with E-state index in [2.05, 4.69) is 22.2 Å². The van der Waals surface area contributed by atoms with Crippen molar-refractivity contribution in [2.24, 2.45) is 5.73 Å². The van der Waals surface area contributed by atoms with Crippen LogP contribution in [-0.4, -0.2) is 22.5 Å². The molecule has 1 saturated carbocycles. The van der Waals surface area contributed by atoms with Crippen molar-refractivity contribution in [3.8, 4) is 0 Å². The minimum absolute atomic E-state index is 0.0688. The second-order valence-corrected chi connectivity index (χ2v) is 5.56. The summed E-state index contributed by atoms with van der Waals surface area (Å²) in [6, 6.07) is 0.889. The maximum Gasteiger partial charge on any atom is 0.109 e. The minimum atomic E-state index is 0.0688. The molecule has 1 aliphatic rings. The summed E-state index contributed by atoms with van der Waals surface area (Å²) in [7, 11) is 0. The zero-order chi connectivity index (χ0) is 11.5. The van der Waals surface area contributed by atoms with Gasteiger partial charge in [0.2, 0.25) is 0 Å². The molecule has 0 amide bonds. The summed E-state index contributed by atoms with van der Waals surface area (Å²) in [6.07, 6.45) is 3.95. The molecule has 1 aliphatic carbocycles. The highest BCUT2D eigenvalue weighted by atomic mass is 32.1. The summed E-state index contributed by atoms with van der Waals surface area (Å²) in [5.74, 6) is 0. The molecule has 0 saturated heterocycles. The summed E-state index contributed by atoms with van der Waals surface area (Å²) in [4.78, 5) is 7.15. The Kier molecular flexibility index (Phi) is 3.95. The average Bonchev–Trinajstić information content (AvgIpc) is 2.98. The quantitative estimate of drug-likeness (QED) is 0.829. The van der Waals surface area contributed by atoms with E-state index in [-0.39, 0.29) is 6.04 Å². The smallest absolute Gasteiger partial charge is 0.109 e. The van der Waals surface area contributed by atoms with Crippen molar-refractivity contribution in [3.63, 3.8) is 0 Å². The standard InChI is InChI=1S/C12H21N3S/c1-3-6-15(11-4-5-11)7-10-8-16-12(14-10)9(2)13/h8-9,11H,3-7,13H2,1-2H3. The predicted molar refractivity (Wildman–Crippen MR) is 68.4 cm³/mol. The lowest BCUT2D eigenvalue weighted by Gasteiger charge is -2.19. The summed E-state index contributed by atoms with van der Waals surface area (Å²) in [5.41, 5.74) is 7.02. The van der Waals surface area contributed by atoms with Gasteiger partial charge in [-0.2, -0.15) is 0 Å². The lowest BCUT2D eigenvalue weighted by molar-refractivity contribution is 0.252. The van der Waals surface area contributed by atoms with Gasteiger partial charge in [-0.05, 0) is 32.7 Å². The third-order valence-corrected chi connectivity index (χ3v) is 3.99. The Morgan fingerprint density at radius 3 is 2.88 bits per heavy atom. The molecule has 16 heavy (non-hydrogen) atoms. The van der Waals surface area contributed by atoms with Crippen LogP contribution in [0.1, 0.15) is 49.9 Å². The van der Waals surface area contributed by atoms with E-state index in [0.717, 1.165) is 17.6 Å². The normalized spacial score (nSPS) is 18.0. The minimum Gasteiger partial charge on any atom is -0.322 e. The molecule has 1 aromatic heterocycles. The number of hydrogen-bond acceptors (Lipinski definition) is 4. The van der Waals surface area contributed by atoms with Crippen LogP contribution in [0.4, 0.5) is 0 Å². The molecule has 0 spiro atoms. The summed E-state index contributed by atoms with van der Waals surface area (Å²) < 4.78 is 0. The number of thiazole rings is 1. The Balaban J connectivity index is 1.95. The van der Waals surface area contributed by atoms with Crippen LogP contribution in [-0.2, 0) is 6.54 Å². The van der Waals surface area contributed by atoms with Gasteiger partial charge in [0.25, 0.3) is 0 Å². The first-order valence-corrected chi connectivity index (χ1v) is 7.02. The Labute approximate surface area is 102 Å². The molecule has 1 atom stereocenters. The fraction of sp³-hybridized carbons (Fsp3) is 0.750. The molecule has 0 aliphatic heterocycles. The van der Waals surface area contributed by atoms with Gasteiger partial charge in [-0.15, -0.1) is 11.3 Å². The van der Waals surface area contributed by atoms with E-state index in [4.69, 9.17) is 5.73 Å². The Morgan fingerprint density at radius 1 is 1.62 bits per heavy atom. The van der Waals surface area contributed by atoms with Crippen LogP contribution in [0.2, 0.25) is 0 Å². The van der Waals surface area contributed by atoms with Gasteiger partial charge in [-0.3, -0.25) is 4.90 Å². The third-order valence-electron chi connectivity index (χ3n) is 2.90. The lowest BCUT2D eigenvalue weighted by Crippen LogP contribution is -2.26. The fourth-order valence-electron chi connectivity index (χ4n) is 1.93. The van der Waals surface area contributed by atoms with Gasteiger partial charge in [-0.1, -0.05) is 6.92 Å². The second-order valence-electron chi connectivity index (χ2n) is 4.67. The molecule has 2 N–H and O–H groups in total. The predicted octanol–water partition coefficient (Wildman–Crippen LogP) is 2.54. The van der Waals surface area contributed by atoms with Gasteiger partial charge in [0, 0.05) is 18.0 Å². The first-order chi connectivity index (χ1) is 7.70. The van der Waals surface area contributed by atoms with Crippen molar-refractivity contribution < 1.29 is 0 Å². The van der Waals surface area contributed by atoms with Crippen molar-refractivity contribution in [1.82, 2.24) is 9.88 Å². The van der Waals surface area contributed by atoms with Gasteiger partial charge in [0.05, 0.1) is 11.7 Å². The zero-order valence-electron chi connectivity index (χ0n) is 10.1. The average molecular weight is 239 g/mol. The number of nitrogens with zero attached hydrogens (tertiary/aromatic N) is 2. The lowest BCUT2D eigenvalue weighted by atomic mass is 10.3. The van der Waals surface area contributed by atoms with Crippen molar-refractivity contribution in [2.45, 2.75) is 51.7 Å². The van der Waals surface area contributed by atoms with Crippen LogP contribution < -0.4 is 5.73 Å². The van der Waals surface area contributed by atoms with Crippen LogP contribution in [0.3, 0.4) is 0 Å². The molecule has 4 heteroatoms. The van der Waals surface area contributed by atoms with E-state index in [1.54, 1.807) is 11.3 Å². The molecular formula is C12H21N3S. The first-order valence-electron chi connectivity index (χ1n) is 6.14. The number of rotatable bonds is 6. The molecule has 0 aromatic carbocycles. The van der Waals surface area contributed by atoms with Crippen molar-refractivity contribution in [3.05, 3.63) is 16.1 Å². The van der Waals surface area contributed by atoms with E-state index in [1.807, 2.05) is 6.92 Å². The molecule has 3 nitrogen and oxygen atoms in total. The Morgan fingerprint density at radius 2 is 2.38 bits per heavy atom. The molecule has 1 fully saturated rings. The summed E-state index contributed by atoms with van der Waals surface area (Å²) >= 11 is 1.69. The third kappa shape index (κ3) is 3.03. The Bertz CT molecular complexity index is 331. The molecule has 0 bridgehead atoms. The van der Waals surface area contributed by atoms with Crippen LogP contribution in [0.5, 0.6) is 0 Å². The highest BCUT2D eigenvalue weighted by molar-refractivity contribution is 7.09. The maximum atomic E-state index is 5.82. The van der Waals surface area contributed by atoms with E-state index in [0.29, 0.717) is 0 Å². The second kappa shape index (κ2) is 5.25. The van der Waals surface area contributed by atoms with Crippen molar-refractivity contribution >= 4 is 11.3 Å². The monoisotopic (exact) mass is 239 g/mol. The number of hydrogen-bond donors (Lipinski definition) is 1. The van der Waals surface area contributed by atoms with Gasteiger partial charge < -0.3 is 5.73 Å². The summed E-state index contributed by atoms with van der Waals surface area (Å²) in [5, 5.41) is 3.21. The molecule has 1 unspecified atom stereocenters. The first kappa shape index (κ1) is 12.0. The van der Waals surface area contributed by atoms with Gasteiger partial charge in [0.1, 0.15) is 5.01 Å². The van der Waals surface area contributed by atoms with Crippen molar-refractivity contribution in [2.75, 3.05) is 6.54 Å². The van der Waals surface area contributed by atoms with Gasteiger partial charge in [0.15, 0.2) is 0 Å². The van der Waals surface area contributed by atoms with Gasteiger partial charge >= 0.3 is 0 Å². The van der Waals surface area contributed by atoms with E-state index < -0.39 is 0 Å². The molecule has 1 aromatic rings. The topological polar surface area (TPSA) is 42.1 Å². The summed E-state index contributed by atoms with van der Waals surface area (Å²) in [6.45, 7) is 6.43. The molecule has 1 heterocycles. The molecule has 2 rings (SSSR count). The largest absolute Gasteiger partial charge is 0.322 e. The van der Waals surface area contributed by atoms with E-state index >= 15 is 0 Å². The number of nitrogens with two attached hydrogens (primary N) is 1. The SMILES string of the molecule is CCCN(Cc1csc(C(C)N)n1)C1CC1. The molecule has 0 radical (unpaired) electrons. The highest BCUT2D eigenvalue weighted by Gasteiger charge is 2.28. The molecule has 90 valence electrons. The van der Waals surface area contributed by atoms with Gasteiger partial charge in [-0.25, -0.2) is 4.98 Å².